The summed E-state index contributed by atoms with van der Waals surface area (Å²) in [7, 11) is 0. The third-order valence-electron chi connectivity index (χ3n) is 5.08. The van der Waals surface area contributed by atoms with Gasteiger partial charge in [0.25, 0.3) is 5.91 Å². The third kappa shape index (κ3) is 5.92. The number of piperazine rings is 1. The summed E-state index contributed by atoms with van der Waals surface area (Å²) in [5.74, 6) is -0.509. The second-order valence-corrected chi connectivity index (χ2v) is 8.68. The van der Waals surface area contributed by atoms with Gasteiger partial charge in [0.15, 0.2) is 5.78 Å². The molecule has 0 atom stereocenters. The summed E-state index contributed by atoms with van der Waals surface area (Å²) >= 11 is 0. The fraction of sp³-hybridized carbons (Fsp3) is 0.375. The summed E-state index contributed by atoms with van der Waals surface area (Å²) < 4.78 is 0. The number of rotatable bonds is 5. The second kappa shape index (κ2) is 9.31. The molecule has 1 N–H and O–H groups in total. The third-order valence-corrected chi connectivity index (χ3v) is 5.08. The summed E-state index contributed by atoms with van der Waals surface area (Å²) in [5.41, 5.74) is 2.16. The van der Waals surface area contributed by atoms with Gasteiger partial charge in [-0.1, -0.05) is 12.1 Å². The normalized spacial score (nSPS) is 14.8. The van der Waals surface area contributed by atoms with Crippen molar-refractivity contribution in [2.45, 2.75) is 27.7 Å². The van der Waals surface area contributed by atoms with Crippen LogP contribution in [0.25, 0.3) is 0 Å². The van der Waals surface area contributed by atoms with Crippen LogP contribution in [0.2, 0.25) is 0 Å². The Morgan fingerprint density at radius 2 is 1.55 bits per heavy atom. The van der Waals surface area contributed by atoms with E-state index in [1.165, 1.54) is 6.92 Å². The number of amides is 1. The van der Waals surface area contributed by atoms with E-state index in [9.17, 15) is 14.4 Å². The van der Waals surface area contributed by atoms with Crippen LogP contribution in [0.15, 0.2) is 48.5 Å². The Morgan fingerprint density at radius 1 is 0.903 bits per heavy atom. The van der Waals surface area contributed by atoms with Crippen LogP contribution in [0.1, 0.15) is 48.4 Å². The SMILES string of the molecule is CC(=O)c1cccc(NC(=O)c2ccc(N3CCN(OC(=O)C(C)(C)C)CC3)cc2)c1. The zero-order valence-corrected chi connectivity index (χ0v) is 18.5. The molecule has 0 saturated carbocycles. The topological polar surface area (TPSA) is 79.0 Å². The smallest absolute Gasteiger partial charge is 0.330 e. The molecule has 7 nitrogen and oxygen atoms in total. The van der Waals surface area contributed by atoms with Gasteiger partial charge >= 0.3 is 5.97 Å². The van der Waals surface area contributed by atoms with Gasteiger partial charge in [-0.2, -0.15) is 0 Å². The van der Waals surface area contributed by atoms with E-state index in [1.54, 1.807) is 41.5 Å². The highest BCUT2D eigenvalue weighted by atomic mass is 16.7. The molecular formula is C24H29N3O4. The Labute approximate surface area is 182 Å². The molecule has 0 aliphatic carbocycles. The van der Waals surface area contributed by atoms with E-state index in [4.69, 9.17) is 4.84 Å². The first kappa shape index (κ1) is 22.5. The average molecular weight is 424 g/mol. The lowest BCUT2D eigenvalue weighted by Gasteiger charge is -2.35. The van der Waals surface area contributed by atoms with Gasteiger partial charge in [-0.15, -0.1) is 5.06 Å². The minimum Gasteiger partial charge on any atom is -0.369 e. The number of hydrogen-bond donors (Lipinski definition) is 1. The number of carbonyl (C=O) groups is 3. The van der Waals surface area contributed by atoms with Gasteiger partial charge in [-0.25, -0.2) is 4.79 Å². The quantitative estimate of drug-likeness (QED) is 0.738. The maximum Gasteiger partial charge on any atom is 0.330 e. The molecule has 2 aromatic rings. The maximum atomic E-state index is 12.5. The highest BCUT2D eigenvalue weighted by molar-refractivity contribution is 6.05. The van der Waals surface area contributed by atoms with E-state index in [2.05, 4.69) is 10.2 Å². The lowest BCUT2D eigenvalue weighted by molar-refractivity contribution is -0.201. The number of ketones is 1. The standard InChI is InChI=1S/C24H29N3O4/c1-17(28)19-6-5-7-20(16-19)25-22(29)18-8-10-21(11-9-18)26-12-14-27(15-13-26)31-23(30)24(2,3)4/h5-11,16H,12-15H2,1-4H3,(H,25,29). The molecule has 0 bridgehead atoms. The van der Waals surface area contributed by atoms with Gasteiger partial charge in [0, 0.05) is 35.6 Å². The average Bonchev–Trinajstić information content (AvgIpc) is 2.74. The molecule has 7 heteroatoms. The van der Waals surface area contributed by atoms with Gasteiger partial charge in [0.05, 0.1) is 18.5 Å². The van der Waals surface area contributed by atoms with E-state index in [0.717, 1.165) is 18.8 Å². The zero-order chi connectivity index (χ0) is 22.6. The number of Topliss-reactive ketones (excluding diaryl/α,β-unsaturated/α-hetero) is 1. The monoisotopic (exact) mass is 423 g/mol. The molecule has 3 rings (SSSR count). The molecule has 2 aromatic carbocycles. The minimum atomic E-state index is -0.527. The Kier molecular flexibility index (Phi) is 6.75. The highest BCUT2D eigenvalue weighted by Gasteiger charge is 2.28. The number of anilines is 2. The van der Waals surface area contributed by atoms with Crippen molar-refractivity contribution in [3.05, 3.63) is 59.7 Å². The number of hydroxylamine groups is 2. The number of nitrogens with zero attached hydrogens (tertiary/aromatic N) is 2. The van der Waals surface area contributed by atoms with E-state index >= 15 is 0 Å². The van der Waals surface area contributed by atoms with Crippen molar-refractivity contribution < 1.29 is 19.2 Å². The molecule has 1 amide bonds. The number of nitrogens with one attached hydrogen (secondary N) is 1. The molecule has 0 aromatic heterocycles. The summed E-state index contributed by atoms with van der Waals surface area (Å²) in [6.45, 7) is 9.69. The molecule has 1 saturated heterocycles. The van der Waals surface area contributed by atoms with E-state index in [-0.39, 0.29) is 17.7 Å². The van der Waals surface area contributed by atoms with Crippen LogP contribution >= 0.6 is 0 Å². The Hall–Kier alpha value is -3.19. The summed E-state index contributed by atoms with van der Waals surface area (Å²) in [4.78, 5) is 43.8. The van der Waals surface area contributed by atoms with Gasteiger partial charge in [-0.05, 0) is 64.1 Å². The Morgan fingerprint density at radius 3 is 2.13 bits per heavy atom. The predicted molar refractivity (Wildman–Crippen MR) is 120 cm³/mol. The summed E-state index contributed by atoms with van der Waals surface area (Å²) in [6, 6.07) is 14.3. The van der Waals surface area contributed by atoms with Gasteiger partial charge in [0.2, 0.25) is 0 Å². The number of benzene rings is 2. The largest absolute Gasteiger partial charge is 0.369 e. The van der Waals surface area contributed by atoms with Crippen LogP contribution in [-0.4, -0.2) is 48.9 Å². The molecule has 1 heterocycles. The predicted octanol–water partition coefficient (Wildman–Crippen LogP) is 3.77. The zero-order valence-electron chi connectivity index (χ0n) is 18.5. The molecule has 164 valence electrons. The van der Waals surface area contributed by atoms with E-state index in [1.807, 2.05) is 32.9 Å². The lowest BCUT2D eigenvalue weighted by Crippen LogP contribution is -2.48. The first-order valence-electron chi connectivity index (χ1n) is 10.4. The first-order valence-corrected chi connectivity index (χ1v) is 10.4. The van der Waals surface area contributed by atoms with Crippen LogP contribution in [0.4, 0.5) is 11.4 Å². The number of carbonyl (C=O) groups excluding carboxylic acids is 3. The molecule has 1 aliphatic heterocycles. The van der Waals surface area contributed by atoms with Crippen LogP contribution < -0.4 is 10.2 Å². The van der Waals surface area contributed by atoms with Crippen LogP contribution in [0.5, 0.6) is 0 Å². The van der Waals surface area contributed by atoms with Crippen molar-refractivity contribution in [1.82, 2.24) is 5.06 Å². The van der Waals surface area contributed by atoms with Crippen molar-refractivity contribution in [2.75, 3.05) is 36.4 Å². The summed E-state index contributed by atoms with van der Waals surface area (Å²) in [6.07, 6.45) is 0. The fourth-order valence-corrected chi connectivity index (χ4v) is 3.13. The molecule has 0 radical (unpaired) electrons. The minimum absolute atomic E-state index is 0.0475. The maximum absolute atomic E-state index is 12.5. The molecule has 31 heavy (non-hydrogen) atoms. The van der Waals surface area contributed by atoms with Crippen LogP contribution in [0.3, 0.4) is 0 Å². The van der Waals surface area contributed by atoms with Gasteiger partial charge < -0.3 is 15.1 Å². The van der Waals surface area contributed by atoms with Crippen LogP contribution in [0, 0.1) is 5.41 Å². The van der Waals surface area contributed by atoms with E-state index in [0.29, 0.717) is 29.9 Å². The lowest BCUT2D eigenvalue weighted by atomic mass is 9.98. The Bertz CT molecular complexity index is 956. The van der Waals surface area contributed by atoms with Crippen molar-refractivity contribution in [3.8, 4) is 0 Å². The van der Waals surface area contributed by atoms with Gasteiger partial charge in [-0.3, -0.25) is 9.59 Å². The van der Waals surface area contributed by atoms with Gasteiger partial charge in [0.1, 0.15) is 0 Å². The Balaban J connectivity index is 1.56. The molecular weight excluding hydrogens is 394 g/mol. The van der Waals surface area contributed by atoms with Crippen molar-refractivity contribution in [2.24, 2.45) is 5.41 Å². The van der Waals surface area contributed by atoms with E-state index < -0.39 is 5.41 Å². The second-order valence-electron chi connectivity index (χ2n) is 8.68. The molecule has 1 fully saturated rings. The van der Waals surface area contributed by atoms with Crippen molar-refractivity contribution in [3.63, 3.8) is 0 Å². The van der Waals surface area contributed by atoms with Crippen molar-refractivity contribution >= 4 is 29.0 Å². The summed E-state index contributed by atoms with van der Waals surface area (Å²) in [5, 5.41) is 4.54. The molecule has 0 spiro atoms. The molecule has 1 aliphatic rings. The van der Waals surface area contributed by atoms with Crippen LogP contribution in [-0.2, 0) is 9.63 Å². The first-order chi connectivity index (χ1) is 14.6. The highest BCUT2D eigenvalue weighted by Crippen LogP contribution is 2.21. The molecule has 0 unspecified atom stereocenters. The fourth-order valence-electron chi connectivity index (χ4n) is 3.13. The number of hydrogen-bond acceptors (Lipinski definition) is 6. The van der Waals surface area contributed by atoms with Crippen molar-refractivity contribution in [1.29, 1.82) is 0 Å².